The quantitative estimate of drug-likeness (QED) is 0.500. The number of morpholine rings is 1. The van der Waals surface area contributed by atoms with E-state index < -0.39 is 6.17 Å². The van der Waals surface area contributed by atoms with Gasteiger partial charge < -0.3 is 9.64 Å². The Morgan fingerprint density at radius 3 is 2.50 bits per heavy atom. The van der Waals surface area contributed by atoms with E-state index in [4.69, 9.17) is 26.6 Å². The number of piperidine rings is 1. The van der Waals surface area contributed by atoms with E-state index in [1.54, 1.807) is 18.3 Å². The van der Waals surface area contributed by atoms with Gasteiger partial charge in [-0.3, -0.25) is 9.88 Å². The number of nitriles is 1. The minimum atomic E-state index is -0.969. The number of rotatable bonds is 3. The van der Waals surface area contributed by atoms with Crippen molar-refractivity contribution in [1.29, 1.82) is 5.26 Å². The first-order valence-corrected chi connectivity index (χ1v) is 12.2. The zero-order valence-electron chi connectivity index (χ0n) is 19.4. The van der Waals surface area contributed by atoms with Crippen molar-refractivity contribution >= 4 is 28.2 Å². The summed E-state index contributed by atoms with van der Waals surface area (Å²) in [5.74, 6) is 0. The first-order valence-electron chi connectivity index (χ1n) is 11.8. The van der Waals surface area contributed by atoms with Crippen molar-refractivity contribution in [2.45, 2.75) is 44.7 Å². The Morgan fingerprint density at radius 1 is 1.09 bits per heavy atom. The second-order valence-electron chi connectivity index (χ2n) is 9.38. The highest BCUT2D eigenvalue weighted by Crippen LogP contribution is 2.38. The molecule has 0 amide bonds. The average molecular weight is 479 g/mol. The lowest BCUT2D eigenvalue weighted by Gasteiger charge is -2.45. The van der Waals surface area contributed by atoms with E-state index in [1.807, 2.05) is 35.2 Å². The molecule has 2 saturated heterocycles. The molecular weight excluding hydrogens is 451 g/mol. The fourth-order valence-corrected chi connectivity index (χ4v) is 5.69. The summed E-state index contributed by atoms with van der Waals surface area (Å²) in [4.78, 5) is 9.03. The zero-order valence-corrected chi connectivity index (χ0v) is 20.2. The number of para-hydroxylation sites is 1. The van der Waals surface area contributed by atoms with Crippen LogP contribution in [0.2, 0.25) is 5.02 Å². The van der Waals surface area contributed by atoms with Crippen molar-refractivity contribution < 1.29 is 9.13 Å². The largest absolute Gasteiger partial charge is 0.373 e. The van der Waals surface area contributed by atoms with Crippen LogP contribution in [0.3, 0.4) is 0 Å². The third-order valence-electron chi connectivity index (χ3n) is 6.90. The number of aromatic nitrogens is 1. The van der Waals surface area contributed by atoms with Crippen LogP contribution in [0, 0.1) is 11.3 Å². The van der Waals surface area contributed by atoms with Crippen molar-refractivity contribution in [2.24, 2.45) is 0 Å². The molecule has 2 aromatic carbocycles. The maximum Gasteiger partial charge on any atom is 0.133 e. The standard InChI is InChI=1S/C27H28ClFN4O/c1-17-14-33(15-18(2)34-17)24-10-11-32(16-23(24)29)25-13-31-27-21(4-3-5-22(27)26(25)28)20-8-6-19(12-30)7-9-20/h3-9,13,17-18,23-24H,10-11,14-16H2,1-2H3/t17-,18+,23?,24?. The first kappa shape index (κ1) is 23.0. The second-order valence-corrected chi connectivity index (χ2v) is 9.76. The first-order chi connectivity index (χ1) is 16.4. The summed E-state index contributed by atoms with van der Waals surface area (Å²) in [6, 6.07) is 15.4. The third-order valence-corrected chi connectivity index (χ3v) is 7.30. The Balaban J connectivity index is 1.39. The van der Waals surface area contributed by atoms with Gasteiger partial charge in [-0.25, -0.2) is 4.39 Å². The molecule has 2 fully saturated rings. The molecule has 2 aliphatic rings. The number of fused-ring (bicyclic) bond motifs is 1. The van der Waals surface area contributed by atoms with Crippen LogP contribution in [-0.4, -0.2) is 60.5 Å². The van der Waals surface area contributed by atoms with Crippen molar-refractivity contribution in [3.05, 3.63) is 59.2 Å². The highest BCUT2D eigenvalue weighted by molar-refractivity contribution is 6.38. The minimum Gasteiger partial charge on any atom is -0.373 e. The molecule has 0 bridgehead atoms. The summed E-state index contributed by atoms with van der Waals surface area (Å²) in [6.45, 7) is 6.67. The Labute approximate surface area is 204 Å². The van der Waals surface area contributed by atoms with Crippen molar-refractivity contribution in [3.63, 3.8) is 0 Å². The Hall–Kier alpha value is -2.72. The predicted molar refractivity (Wildman–Crippen MR) is 134 cm³/mol. The predicted octanol–water partition coefficient (Wildman–Crippen LogP) is 5.45. The number of alkyl halides is 1. The molecular formula is C27H28ClFN4O. The van der Waals surface area contributed by atoms with Crippen LogP contribution in [0.1, 0.15) is 25.8 Å². The van der Waals surface area contributed by atoms with E-state index in [1.165, 1.54) is 0 Å². The molecule has 0 aliphatic carbocycles. The summed E-state index contributed by atoms with van der Waals surface area (Å²) < 4.78 is 21.2. The van der Waals surface area contributed by atoms with Gasteiger partial charge in [0, 0.05) is 36.6 Å². The summed E-state index contributed by atoms with van der Waals surface area (Å²) in [5.41, 5.74) is 4.11. The van der Waals surface area contributed by atoms with Crippen molar-refractivity contribution in [1.82, 2.24) is 9.88 Å². The molecule has 2 unspecified atom stereocenters. The lowest BCUT2D eigenvalue weighted by molar-refractivity contribution is -0.0910. The Kier molecular flexibility index (Phi) is 6.44. The second kappa shape index (κ2) is 9.50. The molecule has 34 heavy (non-hydrogen) atoms. The van der Waals surface area contributed by atoms with E-state index in [-0.39, 0.29) is 18.2 Å². The fourth-order valence-electron chi connectivity index (χ4n) is 5.37. The number of nitrogens with zero attached hydrogens (tertiary/aromatic N) is 4. The maximum absolute atomic E-state index is 15.4. The highest BCUT2D eigenvalue weighted by Gasteiger charge is 2.37. The highest BCUT2D eigenvalue weighted by atomic mass is 35.5. The van der Waals surface area contributed by atoms with Gasteiger partial charge in [0.05, 0.1) is 52.8 Å². The molecule has 0 spiro atoms. The number of pyridine rings is 1. The van der Waals surface area contributed by atoms with Gasteiger partial charge in [-0.05, 0) is 38.0 Å². The summed E-state index contributed by atoms with van der Waals surface area (Å²) in [7, 11) is 0. The minimum absolute atomic E-state index is 0.0970. The number of hydrogen-bond acceptors (Lipinski definition) is 5. The van der Waals surface area contributed by atoms with Gasteiger partial charge in [0.2, 0.25) is 0 Å². The van der Waals surface area contributed by atoms with Gasteiger partial charge in [-0.15, -0.1) is 0 Å². The molecule has 0 saturated carbocycles. The monoisotopic (exact) mass is 478 g/mol. The lowest BCUT2D eigenvalue weighted by Crippen LogP contribution is -2.58. The smallest absolute Gasteiger partial charge is 0.133 e. The molecule has 2 aliphatic heterocycles. The van der Waals surface area contributed by atoms with E-state index in [9.17, 15) is 0 Å². The Morgan fingerprint density at radius 2 is 1.82 bits per heavy atom. The van der Waals surface area contributed by atoms with Gasteiger partial charge in [0.25, 0.3) is 0 Å². The normalized spacial score (nSPS) is 25.9. The summed E-state index contributed by atoms with van der Waals surface area (Å²) >= 11 is 6.88. The van der Waals surface area contributed by atoms with Crippen LogP contribution in [-0.2, 0) is 4.74 Å². The number of ether oxygens (including phenoxy) is 1. The average Bonchev–Trinajstić information content (AvgIpc) is 2.83. The SMILES string of the molecule is C[C@@H]1CN(C2CCN(c3cnc4c(-c5ccc(C#N)cc5)cccc4c3Cl)CC2F)C[C@H](C)O1. The van der Waals surface area contributed by atoms with Crippen molar-refractivity contribution in [3.8, 4) is 17.2 Å². The van der Waals surface area contributed by atoms with Crippen LogP contribution in [0.5, 0.6) is 0 Å². The van der Waals surface area contributed by atoms with Gasteiger partial charge in [0.1, 0.15) is 6.17 Å². The van der Waals surface area contributed by atoms with Gasteiger partial charge in [-0.2, -0.15) is 5.26 Å². The molecule has 1 aromatic heterocycles. The topological polar surface area (TPSA) is 52.4 Å². The zero-order chi connectivity index (χ0) is 23.8. The molecule has 4 atom stereocenters. The molecule has 5 nitrogen and oxygen atoms in total. The van der Waals surface area contributed by atoms with Crippen LogP contribution >= 0.6 is 11.6 Å². The van der Waals surface area contributed by atoms with Crippen LogP contribution in [0.15, 0.2) is 48.7 Å². The number of hydrogen-bond donors (Lipinski definition) is 0. The third kappa shape index (κ3) is 4.36. The Bertz CT molecular complexity index is 1220. The number of anilines is 1. The molecule has 0 N–H and O–H groups in total. The van der Waals surface area contributed by atoms with Crippen LogP contribution in [0.4, 0.5) is 10.1 Å². The van der Waals surface area contributed by atoms with E-state index >= 15 is 4.39 Å². The van der Waals surface area contributed by atoms with Gasteiger partial charge in [0.15, 0.2) is 0 Å². The van der Waals surface area contributed by atoms with Gasteiger partial charge >= 0.3 is 0 Å². The molecule has 176 valence electrons. The van der Waals surface area contributed by atoms with Gasteiger partial charge in [-0.1, -0.05) is 41.9 Å². The maximum atomic E-state index is 15.4. The molecule has 3 heterocycles. The van der Waals surface area contributed by atoms with Crippen LogP contribution < -0.4 is 4.90 Å². The fraction of sp³-hybridized carbons (Fsp3) is 0.407. The van der Waals surface area contributed by atoms with E-state index in [0.29, 0.717) is 17.1 Å². The molecule has 3 aromatic rings. The van der Waals surface area contributed by atoms with Crippen molar-refractivity contribution in [2.75, 3.05) is 31.1 Å². The summed E-state index contributed by atoms with van der Waals surface area (Å²) in [5, 5.41) is 10.5. The van der Waals surface area contributed by atoms with E-state index in [0.717, 1.165) is 53.8 Å². The number of halogens is 2. The lowest BCUT2D eigenvalue weighted by atomic mass is 9.98. The summed E-state index contributed by atoms with van der Waals surface area (Å²) in [6.07, 6.45) is 1.78. The number of benzene rings is 2. The molecule has 7 heteroatoms. The molecule has 5 rings (SSSR count). The molecule has 0 radical (unpaired) electrons. The van der Waals surface area contributed by atoms with Crippen LogP contribution in [0.25, 0.3) is 22.0 Å². The van der Waals surface area contributed by atoms with E-state index in [2.05, 4.69) is 24.8 Å².